The summed E-state index contributed by atoms with van der Waals surface area (Å²) in [6.07, 6.45) is 3.26. The Morgan fingerprint density at radius 2 is 2.04 bits per heavy atom. The molecule has 1 amide bonds. The van der Waals surface area contributed by atoms with E-state index in [0.717, 1.165) is 5.56 Å². The summed E-state index contributed by atoms with van der Waals surface area (Å²) in [7, 11) is -4.02. The summed E-state index contributed by atoms with van der Waals surface area (Å²) in [5.41, 5.74) is 2.31. The number of aromatic nitrogens is 2. The molecular formula is C17H17N3O4S. The van der Waals surface area contributed by atoms with Crippen molar-refractivity contribution in [2.24, 2.45) is 0 Å². The van der Waals surface area contributed by atoms with Crippen molar-refractivity contribution in [1.29, 1.82) is 0 Å². The Morgan fingerprint density at radius 3 is 2.68 bits per heavy atom. The topological polar surface area (TPSA) is 105 Å². The molecule has 0 aliphatic heterocycles. The van der Waals surface area contributed by atoms with Gasteiger partial charge in [0.25, 0.3) is 15.9 Å². The van der Waals surface area contributed by atoms with E-state index in [1.54, 1.807) is 31.3 Å². The molecule has 0 saturated heterocycles. The van der Waals surface area contributed by atoms with Crippen LogP contribution in [0.3, 0.4) is 0 Å². The highest BCUT2D eigenvalue weighted by Gasteiger charge is 2.23. The van der Waals surface area contributed by atoms with Gasteiger partial charge in [0.15, 0.2) is 0 Å². The van der Waals surface area contributed by atoms with Crippen LogP contribution >= 0.6 is 0 Å². The van der Waals surface area contributed by atoms with Crippen LogP contribution in [0.4, 0.5) is 0 Å². The molecule has 7 nitrogen and oxygen atoms in total. The molecule has 130 valence electrons. The lowest BCUT2D eigenvalue weighted by Gasteiger charge is -2.11. The van der Waals surface area contributed by atoms with Crippen molar-refractivity contribution in [3.63, 3.8) is 0 Å². The standard InChI is InChI=1S/C17H17N3O4S/c1-11-3-4-16(14(7-11)9-15-8-12(2)24-19-15)25(22,23)20-17(21)13-5-6-18-10-13/h3-8,10,18H,9H2,1-2H3,(H,20,21). The van der Waals surface area contributed by atoms with Gasteiger partial charge in [-0.05, 0) is 31.5 Å². The van der Waals surface area contributed by atoms with Crippen LogP contribution in [0.5, 0.6) is 0 Å². The highest BCUT2D eigenvalue weighted by molar-refractivity contribution is 7.90. The van der Waals surface area contributed by atoms with Gasteiger partial charge in [0.05, 0.1) is 16.2 Å². The van der Waals surface area contributed by atoms with Gasteiger partial charge in [-0.25, -0.2) is 13.1 Å². The number of aryl methyl sites for hydroxylation is 2. The molecule has 2 N–H and O–H groups in total. The maximum atomic E-state index is 12.7. The van der Waals surface area contributed by atoms with Gasteiger partial charge in [-0.15, -0.1) is 0 Å². The number of hydrogen-bond acceptors (Lipinski definition) is 5. The summed E-state index contributed by atoms with van der Waals surface area (Å²) in [5, 5.41) is 3.90. The highest BCUT2D eigenvalue weighted by Crippen LogP contribution is 2.21. The number of amides is 1. The SMILES string of the molecule is Cc1ccc(S(=O)(=O)NC(=O)c2cc[nH]c2)c(Cc2cc(C)on2)c1. The second kappa shape index (κ2) is 6.56. The average molecular weight is 359 g/mol. The molecule has 0 spiro atoms. The zero-order chi connectivity index (χ0) is 18.0. The number of hydrogen-bond donors (Lipinski definition) is 2. The van der Waals surface area contributed by atoms with Gasteiger partial charge in [0, 0.05) is 24.9 Å². The van der Waals surface area contributed by atoms with Crippen LogP contribution in [0, 0.1) is 13.8 Å². The Morgan fingerprint density at radius 1 is 1.24 bits per heavy atom. The van der Waals surface area contributed by atoms with Gasteiger partial charge in [-0.1, -0.05) is 22.9 Å². The fourth-order valence-electron chi connectivity index (χ4n) is 2.51. The van der Waals surface area contributed by atoms with E-state index in [9.17, 15) is 13.2 Å². The minimum atomic E-state index is -4.02. The van der Waals surface area contributed by atoms with Crippen LogP contribution in [-0.2, 0) is 16.4 Å². The van der Waals surface area contributed by atoms with E-state index in [2.05, 4.69) is 14.9 Å². The molecule has 0 unspecified atom stereocenters. The molecule has 0 radical (unpaired) electrons. The first-order chi connectivity index (χ1) is 11.8. The highest BCUT2D eigenvalue weighted by atomic mass is 32.2. The number of carbonyl (C=O) groups excluding carboxylic acids is 1. The van der Waals surface area contributed by atoms with Gasteiger partial charge in [-0.3, -0.25) is 4.79 Å². The summed E-state index contributed by atoms with van der Waals surface area (Å²) >= 11 is 0. The Kier molecular flexibility index (Phi) is 4.45. The average Bonchev–Trinajstić information content (AvgIpc) is 3.18. The van der Waals surface area contributed by atoms with Crippen LogP contribution in [0.2, 0.25) is 0 Å². The van der Waals surface area contributed by atoms with Crippen LogP contribution < -0.4 is 4.72 Å². The number of carbonyl (C=O) groups is 1. The number of rotatable bonds is 5. The maximum Gasteiger partial charge on any atom is 0.266 e. The minimum absolute atomic E-state index is 0.0441. The molecule has 0 bridgehead atoms. The predicted molar refractivity (Wildman–Crippen MR) is 90.7 cm³/mol. The van der Waals surface area contributed by atoms with Gasteiger partial charge in [-0.2, -0.15) is 0 Å². The molecule has 0 fully saturated rings. The normalized spacial score (nSPS) is 11.4. The molecule has 0 aliphatic rings. The molecule has 2 aromatic heterocycles. The molecule has 0 aliphatic carbocycles. The monoisotopic (exact) mass is 359 g/mol. The second-order valence-electron chi connectivity index (χ2n) is 5.75. The van der Waals surface area contributed by atoms with E-state index >= 15 is 0 Å². The summed E-state index contributed by atoms with van der Waals surface area (Å²) in [4.78, 5) is 14.9. The van der Waals surface area contributed by atoms with Crippen molar-refractivity contribution in [2.45, 2.75) is 25.2 Å². The quantitative estimate of drug-likeness (QED) is 0.727. The summed E-state index contributed by atoms with van der Waals surface area (Å²) in [5.74, 6) is -0.0436. The number of nitrogens with one attached hydrogen (secondary N) is 2. The van der Waals surface area contributed by atoms with E-state index in [1.807, 2.05) is 6.92 Å². The van der Waals surface area contributed by atoms with Gasteiger partial charge >= 0.3 is 0 Å². The molecular weight excluding hydrogens is 342 g/mol. The zero-order valence-electron chi connectivity index (χ0n) is 13.7. The van der Waals surface area contributed by atoms with E-state index < -0.39 is 15.9 Å². The molecule has 3 rings (SSSR count). The van der Waals surface area contributed by atoms with Gasteiger partial charge in [0.1, 0.15) is 5.76 Å². The maximum absolute atomic E-state index is 12.7. The van der Waals surface area contributed by atoms with E-state index in [0.29, 0.717) is 17.0 Å². The summed E-state index contributed by atoms with van der Waals surface area (Å²) in [6.45, 7) is 3.63. The van der Waals surface area contributed by atoms with Crippen molar-refractivity contribution in [3.05, 3.63) is 70.9 Å². The molecule has 8 heteroatoms. The lowest BCUT2D eigenvalue weighted by molar-refractivity contribution is 0.0981. The first-order valence-corrected chi connectivity index (χ1v) is 9.05. The molecule has 0 atom stereocenters. The predicted octanol–water partition coefficient (Wildman–Crippen LogP) is 2.33. The molecule has 0 saturated carbocycles. The fraction of sp³-hybridized carbons (Fsp3) is 0.176. The third-order valence-corrected chi connectivity index (χ3v) is 5.07. The third-order valence-electron chi connectivity index (χ3n) is 3.64. The van der Waals surface area contributed by atoms with E-state index in [4.69, 9.17) is 4.52 Å². The van der Waals surface area contributed by atoms with Crippen molar-refractivity contribution in [3.8, 4) is 0 Å². The largest absolute Gasteiger partial charge is 0.367 e. The smallest absolute Gasteiger partial charge is 0.266 e. The lowest BCUT2D eigenvalue weighted by atomic mass is 10.1. The van der Waals surface area contributed by atoms with Crippen LogP contribution in [0.1, 0.15) is 32.9 Å². The molecule has 2 heterocycles. The number of benzene rings is 1. The van der Waals surface area contributed by atoms with Crippen molar-refractivity contribution in [1.82, 2.24) is 14.9 Å². The number of nitrogens with zero attached hydrogens (tertiary/aromatic N) is 1. The zero-order valence-corrected chi connectivity index (χ0v) is 14.6. The minimum Gasteiger partial charge on any atom is -0.367 e. The molecule has 3 aromatic rings. The first-order valence-electron chi connectivity index (χ1n) is 7.57. The van der Waals surface area contributed by atoms with Gasteiger partial charge in [0.2, 0.25) is 0 Å². The van der Waals surface area contributed by atoms with Crippen molar-refractivity contribution in [2.75, 3.05) is 0 Å². The number of H-pyrrole nitrogens is 1. The Hall–Kier alpha value is -2.87. The first kappa shape index (κ1) is 17.0. The molecule has 25 heavy (non-hydrogen) atoms. The summed E-state index contributed by atoms with van der Waals surface area (Å²) in [6, 6.07) is 8.19. The Labute approximate surface area is 145 Å². The van der Waals surface area contributed by atoms with E-state index in [1.165, 1.54) is 18.3 Å². The lowest BCUT2D eigenvalue weighted by Crippen LogP contribution is -2.31. The van der Waals surface area contributed by atoms with Crippen LogP contribution in [-0.4, -0.2) is 24.5 Å². The number of aromatic amines is 1. The van der Waals surface area contributed by atoms with Gasteiger partial charge < -0.3 is 9.51 Å². The molecule has 1 aromatic carbocycles. The third kappa shape index (κ3) is 3.80. The Balaban J connectivity index is 1.93. The van der Waals surface area contributed by atoms with Crippen molar-refractivity contribution >= 4 is 15.9 Å². The van der Waals surface area contributed by atoms with Crippen LogP contribution in [0.15, 0.2) is 52.1 Å². The van der Waals surface area contributed by atoms with E-state index in [-0.39, 0.29) is 16.9 Å². The number of sulfonamides is 1. The fourth-order valence-corrected chi connectivity index (χ4v) is 3.70. The second-order valence-corrected chi connectivity index (χ2v) is 7.40. The van der Waals surface area contributed by atoms with Crippen molar-refractivity contribution < 1.29 is 17.7 Å². The Bertz CT molecular complexity index is 1000. The van der Waals surface area contributed by atoms with Crippen LogP contribution in [0.25, 0.3) is 0 Å². The summed E-state index contributed by atoms with van der Waals surface area (Å²) < 4.78 is 32.5.